The number of hydrogen-bond acceptors (Lipinski definition) is 4. The van der Waals surface area contributed by atoms with Gasteiger partial charge in [-0.3, -0.25) is 4.79 Å². The number of aryl methyl sites for hydroxylation is 1. The minimum atomic E-state index is 0.143. The molecule has 0 spiro atoms. The summed E-state index contributed by atoms with van der Waals surface area (Å²) >= 11 is 0. The third-order valence-electron chi connectivity index (χ3n) is 5.08. The first-order valence-corrected chi connectivity index (χ1v) is 9.26. The second kappa shape index (κ2) is 7.76. The Labute approximate surface area is 149 Å². The van der Waals surface area contributed by atoms with E-state index in [-0.39, 0.29) is 11.8 Å². The molecule has 1 N–H and O–H groups in total. The number of amides is 1. The summed E-state index contributed by atoms with van der Waals surface area (Å²) in [6.45, 7) is 7.71. The average Bonchev–Trinajstić information content (AvgIpc) is 3.17. The summed E-state index contributed by atoms with van der Waals surface area (Å²) in [5, 5.41) is 0. The van der Waals surface area contributed by atoms with Crippen LogP contribution >= 0.6 is 0 Å². The lowest BCUT2D eigenvalue weighted by molar-refractivity contribution is -0.137. The van der Waals surface area contributed by atoms with Crippen molar-refractivity contribution in [2.24, 2.45) is 5.92 Å². The molecule has 2 aromatic rings. The van der Waals surface area contributed by atoms with Gasteiger partial charge < -0.3 is 9.88 Å². The summed E-state index contributed by atoms with van der Waals surface area (Å²) in [6, 6.07) is 2.02. The van der Waals surface area contributed by atoms with Crippen molar-refractivity contribution in [1.29, 1.82) is 0 Å². The van der Waals surface area contributed by atoms with Gasteiger partial charge in [0.15, 0.2) is 5.82 Å². The Balaban J connectivity index is 1.81. The van der Waals surface area contributed by atoms with E-state index in [2.05, 4.69) is 33.8 Å². The molecule has 6 nitrogen and oxygen atoms in total. The fourth-order valence-electron chi connectivity index (χ4n) is 3.64. The summed E-state index contributed by atoms with van der Waals surface area (Å²) in [7, 11) is 0. The highest BCUT2D eigenvalue weighted by Gasteiger charge is 2.29. The van der Waals surface area contributed by atoms with E-state index in [0.717, 1.165) is 61.8 Å². The van der Waals surface area contributed by atoms with Gasteiger partial charge in [0.1, 0.15) is 11.5 Å². The summed E-state index contributed by atoms with van der Waals surface area (Å²) in [5.41, 5.74) is 1.83. The van der Waals surface area contributed by atoms with E-state index in [9.17, 15) is 4.79 Å². The maximum atomic E-state index is 12.7. The van der Waals surface area contributed by atoms with Crippen molar-refractivity contribution in [2.45, 2.75) is 52.4 Å². The van der Waals surface area contributed by atoms with Crippen molar-refractivity contribution in [3.63, 3.8) is 0 Å². The Morgan fingerprint density at radius 2 is 2.16 bits per heavy atom. The van der Waals surface area contributed by atoms with Gasteiger partial charge in [0, 0.05) is 43.0 Å². The second-order valence-electron chi connectivity index (χ2n) is 6.80. The number of hydrogen-bond donors (Lipinski definition) is 1. The van der Waals surface area contributed by atoms with Crippen LogP contribution < -0.4 is 0 Å². The van der Waals surface area contributed by atoms with Gasteiger partial charge in [-0.05, 0) is 38.7 Å². The number of rotatable bonds is 5. The van der Waals surface area contributed by atoms with Crippen LogP contribution in [0.2, 0.25) is 0 Å². The quantitative estimate of drug-likeness (QED) is 0.905. The van der Waals surface area contributed by atoms with Gasteiger partial charge in [0.25, 0.3) is 0 Å². The maximum Gasteiger partial charge on any atom is 0.225 e. The van der Waals surface area contributed by atoms with E-state index < -0.39 is 0 Å². The number of imidazole rings is 1. The third kappa shape index (κ3) is 3.89. The van der Waals surface area contributed by atoms with Gasteiger partial charge >= 0.3 is 0 Å². The molecule has 1 fully saturated rings. The molecule has 0 saturated carbocycles. The standard InChI is InChI=1S/C19H27N5O/c1-4-14(5-2)19(25)24-10-6-7-15(12-24)16-11-17(23-13(3)22-16)18-20-8-9-21-18/h8-9,11,14-15H,4-7,10,12H2,1-3H3,(H,20,21). The minimum absolute atomic E-state index is 0.143. The predicted octanol–water partition coefficient (Wildman–Crippen LogP) is 3.32. The fourth-order valence-corrected chi connectivity index (χ4v) is 3.64. The lowest BCUT2D eigenvalue weighted by atomic mass is 9.92. The van der Waals surface area contributed by atoms with Gasteiger partial charge in [0.05, 0.1) is 0 Å². The largest absolute Gasteiger partial charge is 0.343 e. The van der Waals surface area contributed by atoms with Gasteiger partial charge in [-0.2, -0.15) is 0 Å². The first kappa shape index (κ1) is 17.6. The van der Waals surface area contributed by atoms with Gasteiger partial charge in [0.2, 0.25) is 5.91 Å². The summed E-state index contributed by atoms with van der Waals surface area (Å²) in [5.74, 6) is 2.21. The molecule has 134 valence electrons. The van der Waals surface area contributed by atoms with Crippen molar-refractivity contribution >= 4 is 5.91 Å². The molecule has 2 aromatic heterocycles. The number of likely N-dealkylation sites (tertiary alicyclic amines) is 1. The zero-order valence-corrected chi connectivity index (χ0v) is 15.3. The molecule has 6 heteroatoms. The van der Waals surface area contributed by atoms with Crippen LogP contribution in [0.4, 0.5) is 0 Å². The number of nitrogens with one attached hydrogen (secondary N) is 1. The molecule has 0 radical (unpaired) electrons. The van der Waals surface area contributed by atoms with Gasteiger partial charge in [-0.15, -0.1) is 0 Å². The minimum Gasteiger partial charge on any atom is -0.343 e. The average molecular weight is 341 g/mol. The molecule has 1 aliphatic heterocycles. The molecule has 0 aromatic carbocycles. The lowest BCUT2D eigenvalue weighted by Crippen LogP contribution is -2.42. The van der Waals surface area contributed by atoms with Crippen molar-refractivity contribution in [1.82, 2.24) is 24.8 Å². The highest BCUT2D eigenvalue weighted by atomic mass is 16.2. The number of carbonyl (C=O) groups excluding carboxylic acids is 1. The Hall–Kier alpha value is -2.24. The van der Waals surface area contributed by atoms with Gasteiger partial charge in [-0.25, -0.2) is 15.0 Å². The lowest BCUT2D eigenvalue weighted by Gasteiger charge is -2.34. The Morgan fingerprint density at radius 1 is 1.36 bits per heavy atom. The summed E-state index contributed by atoms with van der Waals surface area (Å²) in [4.78, 5) is 31.3. The number of carbonyl (C=O) groups is 1. The maximum absolute atomic E-state index is 12.7. The zero-order chi connectivity index (χ0) is 17.8. The van der Waals surface area contributed by atoms with E-state index in [4.69, 9.17) is 0 Å². The molecule has 1 atom stereocenters. The Bertz CT molecular complexity index is 709. The molecule has 25 heavy (non-hydrogen) atoms. The van der Waals surface area contributed by atoms with Crippen LogP contribution in [0.25, 0.3) is 11.5 Å². The van der Waals surface area contributed by atoms with E-state index in [1.165, 1.54) is 0 Å². The number of aromatic nitrogens is 4. The van der Waals surface area contributed by atoms with Crippen LogP contribution in [-0.4, -0.2) is 43.8 Å². The van der Waals surface area contributed by atoms with Crippen LogP contribution in [-0.2, 0) is 4.79 Å². The van der Waals surface area contributed by atoms with Crippen LogP contribution in [0.5, 0.6) is 0 Å². The van der Waals surface area contributed by atoms with Crippen molar-refractivity contribution in [2.75, 3.05) is 13.1 Å². The zero-order valence-electron chi connectivity index (χ0n) is 15.3. The molecule has 1 amide bonds. The van der Waals surface area contributed by atoms with E-state index >= 15 is 0 Å². The molecule has 0 aliphatic carbocycles. The molecule has 3 heterocycles. The van der Waals surface area contributed by atoms with Crippen molar-refractivity contribution in [3.05, 3.63) is 30.0 Å². The molecule has 1 saturated heterocycles. The highest BCUT2D eigenvalue weighted by Crippen LogP contribution is 2.29. The second-order valence-corrected chi connectivity index (χ2v) is 6.80. The molecular weight excluding hydrogens is 314 g/mol. The molecule has 1 aliphatic rings. The van der Waals surface area contributed by atoms with Crippen LogP contribution in [0.15, 0.2) is 18.5 Å². The number of piperidine rings is 1. The summed E-state index contributed by atoms with van der Waals surface area (Å²) < 4.78 is 0. The SMILES string of the molecule is CCC(CC)C(=O)N1CCCC(c2cc(-c3ncc[nH]3)nc(C)n2)C1. The molecule has 1 unspecified atom stereocenters. The molecular formula is C19H27N5O. The topological polar surface area (TPSA) is 74.8 Å². The number of H-pyrrole nitrogens is 1. The number of nitrogens with zero attached hydrogens (tertiary/aromatic N) is 4. The van der Waals surface area contributed by atoms with Crippen LogP contribution in [0.1, 0.15) is 57.0 Å². The monoisotopic (exact) mass is 341 g/mol. The molecule has 3 rings (SSSR count). The Kier molecular flexibility index (Phi) is 5.46. The van der Waals surface area contributed by atoms with Crippen molar-refractivity contribution < 1.29 is 4.79 Å². The highest BCUT2D eigenvalue weighted by molar-refractivity contribution is 5.79. The summed E-state index contributed by atoms with van der Waals surface area (Å²) in [6.07, 6.45) is 7.42. The van der Waals surface area contributed by atoms with E-state index in [1.54, 1.807) is 12.4 Å². The van der Waals surface area contributed by atoms with E-state index in [1.807, 2.05) is 17.9 Å². The number of aromatic amines is 1. The predicted molar refractivity (Wildman–Crippen MR) is 97.0 cm³/mol. The van der Waals surface area contributed by atoms with Crippen LogP contribution in [0.3, 0.4) is 0 Å². The molecule has 0 bridgehead atoms. The Morgan fingerprint density at radius 3 is 2.84 bits per heavy atom. The fraction of sp³-hybridized carbons (Fsp3) is 0.579. The normalized spacial score (nSPS) is 17.9. The first-order chi connectivity index (χ1) is 12.1. The van der Waals surface area contributed by atoms with Crippen molar-refractivity contribution in [3.8, 4) is 11.5 Å². The van der Waals surface area contributed by atoms with E-state index in [0.29, 0.717) is 5.91 Å². The third-order valence-corrected chi connectivity index (χ3v) is 5.08. The smallest absolute Gasteiger partial charge is 0.225 e. The first-order valence-electron chi connectivity index (χ1n) is 9.26. The van der Waals surface area contributed by atoms with Gasteiger partial charge in [-0.1, -0.05) is 13.8 Å². The van der Waals surface area contributed by atoms with Crippen LogP contribution in [0, 0.1) is 12.8 Å².